The highest BCUT2D eigenvalue weighted by Gasteiger charge is 2.23. The molecular formula is C20H16N2O2. The molecule has 1 atom stereocenters. The van der Waals surface area contributed by atoms with Gasteiger partial charge in [-0.05, 0) is 28.8 Å². The van der Waals surface area contributed by atoms with Crippen LogP contribution in [0.1, 0.15) is 22.6 Å². The van der Waals surface area contributed by atoms with Gasteiger partial charge in [0.1, 0.15) is 0 Å². The second-order valence-corrected chi connectivity index (χ2v) is 5.95. The van der Waals surface area contributed by atoms with Crippen LogP contribution in [0.3, 0.4) is 0 Å². The Labute approximate surface area is 139 Å². The van der Waals surface area contributed by atoms with Crippen molar-refractivity contribution in [1.82, 2.24) is 4.57 Å². The van der Waals surface area contributed by atoms with E-state index in [9.17, 15) is 10.1 Å². The number of aromatic nitrogens is 1. The number of benzene rings is 2. The largest absolute Gasteiger partial charge is 0.328 e. The Morgan fingerprint density at radius 3 is 2.58 bits per heavy atom. The topological polar surface area (TPSA) is 48.1 Å². The maximum absolute atomic E-state index is 11.1. The zero-order valence-electron chi connectivity index (χ0n) is 13.0. The van der Waals surface area contributed by atoms with Crippen LogP contribution in [-0.2, 0) is 6.42 Å². The number of hydrogen-bond acceptors (Lipinski definition) is 2. The molecule has 4 heteroatoms. The molecule has 0 N–H and O–H groups in total. The number of hydrogen-bond donors (Lipinski definition) is 0. The molecule has 0 radical (unpaired) electrons. The summed E-state index contributed by atoms with van der Waals surface area (Å²) in [7, 11) is 0. The van der Waals surface area contributed by atoms with Crippen LogP contribution < -0.4 is 0 Å². The smallest absolute Gasteiger partial charge is 0.269 e. The minimum absolute atomic E-state index is 0.0206. The number of nitrogens with zero attached hydrogens (tertiary/aromatic N) is 2. The fourth-order valence-corrected chi connectivity index (χ4v) is 3.35. The van der Waals surface area contributed by atoms with Crippen LogP contribution in [0, 0.1) is 10.1 Å². The molecule has 0 saturated carbocycles. The number of fused-ring (bicyclic) bond motifs is 1. The lowest BCUT2D eigenvalue weighted by Crippen LogP contribution is -2.12. The number of rotatable bonds is 3. The van der Waals surface area contributed by atoms with Gasteiger partial charge in [-0.1, -0.05) is 42.5 Å². The molecule has 1 aromatic heterocycles. The molecule has 0 saturated heterocycles. The number of nitro groups is 1. The average Bonchev–Trinajstić information content (AvgIpc) is 3.15. The Bertz CT molecular complexity index is 926. The lowest BCUT2D eigenvalue weighted by molar-refractivity contribution is -0.384. The van der Waals surface area contributed by atoms with Gasteiger partial charge in [0.2, 0.25) is 0 Å². The second kappa shape index (κ2) is 5.81. The van der Waals surface area contributed by atoms with Gasteiger partial charge in [-0.25, -0.2) is 0 Å². The molecule has 1 aliphatic rings. The Kier molecular flexibility index (Phi) is 3.50. The summed E-state index contributed by atoms with van der Waals surface area (Å²) in [6.45, 7) is 0. The number of allylic oxidation sites excluding steroid dienone is 2. The van der Waals surface area contributed by atoms with Gasteiger partial charge in [0.15, 0.2) is 0 Å². The molecule has 24 heavy (non-hydrogen) atoms. The molecule has 4 nitrogen and oxygen atoms in total. The minimum Gasteiger partial charge on any atom is -0.328 e. The summed E-state index contributed by atoms with van der Waals surface area (Å²) in [5.74, 6) is 0.0206. The summed E-state index contributed by atoms with van der Waals surface area (Å²) in [6, 6.07) is 19.3. The van der Waals surface area contributed by atoms with Crippen molar-refractivity contribution < 1.29 is 4.92 Å². The van der Waals surface area contributed by atoms with Crippen LogP contribution >= 0.6 is 0 Å². The second-order valence-electron chi connectivity index (χ2n) is 5.95. The van der Waals surface area contributed by atoms with Crippen molar-refractivity contribution >= 4 is 11.4 Å². The van der Waals surface area contributed by atoms with Crippen molar-refractivity contribution in [3.05, 3.63) is 106 Å². The molecule has 1 heterocycles. The molecule has 0 amide bonds. The van der Waals surface area contributed by atoms with E-state index in [1.807, 2.05) is 42.7 Å². The highest BCUT2D eigenvalue weighted by atomic mass is 16.6. The molecule has 1 unspecified atom stereocenters. The summed E-state index contributed by atoms with van der Waals surface area (Å²) in [5, 5.41) is 11.1. The van der Waals surface area contributed by atoms with Crippen molar-refractivity contribution in [2.45, 2.75) is 12.3 Å². The maximum atomic E-state index is 11.1. The predicted octanol–water partition coefficient (Wildman–Crippen LogP) is 4.63. The van der Waals surface area contributed by atoms with Gasteiger partial charge in [0.05, 0.1) is 4.92 Å². The molecule has 0 spiro atoms. The first-order valence-corrected chi connectivity index (χ1v) is 7.88. The van der Waals surface area contributed by atoms with Crippen molar-refractivity contribution in [2.75, 3.05) is 0 Å². The average molecular weight is 316 g/mol. The molecule has 4 rings (SSSR count). The van der Waals surface area contributed by atoms with Gasteiger partial charge in [0.25, 0.3) is 5.69 Å². The van der Waals surface area contributed by atoms with Crippen molar-refractivity contribution in [1.29, 1.82) is 0 Å². The minimum atomic E-state index is -0.338. The van der Waals surface area contributed by atoms with Crippen LogP contribution in [0.5, 0.6) is 0 Å². The summed E-state index contributed by atoms with van der Waals surface area (Å²) < 4.78 is 2.11. The van der Waals surface area contributed by atoms with Crippen molar-refractivity contribution in [3.63, 3.8) is 0 Å². The molecular weight excluding hydrogens is 300 g/mol. The van der Waals surface area contributed by atoms with E-state index in [4.69, 9.17) is 0 Å². The van der Waals surface area contributed by atoms with Crippen molar-refractivity contribution in [3.8, 4) is 0 Å². The van der Waals surface area contributed by atoms with Gasteiger partial charge in [0, 0.05) is 42.6 Å². The first kappa shape index (κ1) is 14.5. The van der Waals surface area contributed by atoms with Crippen molar-refractivity contribution in [2.24, 2.45) is 0 Å². The first-order chi connectivity index (χ1) is 11.7. The molecule has 0 bridgehead atoms. The van der Waals surface area contributed by atoms with Gasteiger partial charge in [-0.3, -0.25) is 10.1 Å². The van der Waals surface area contributed by atoms with Gasteiger partial charge in [-0.2, -0.15) is 0 Å². The fraction of sp³-hybridized carbons (Fsp3) is 0.100. The highest BCUT2D eigenvalue weighted by molar-refractivity contribution is 5.61. The Balaban J connectivity index is 1.85. The van der Waals surface area contributed by atoms with E-state index in [1.165, 1.54) is 22.9 Å². The SMILES string of the molecule is O=[N+]([O-])c1cccc(C2C=C(n3cccc3)Cc3ccccc32)c1. The molecule has 118 valence electrons. The summed E-state index contributed by atoms with van der Waals surface area (Å²) in [4.78, 5) is 10.8. The molecule has 2 aromatic carbocycles. The Hall–Kier alpha value is -3.14. The van der Waals surface area contributed by atoms with E-state index in [0.717, 1.165) is 12.0 Å². The van der Waals surface area contributed by atoms with Gasteiger partial charge >= 0.3 is 0 Å². The predicted molar refractivity (Wildman–Crippen MR) is 93.8 cm³/mol. The van der Waals surface area contributed by atoms with E-state index in [0.29, 0.717) is 0 Å². The molecule has 1 aliphatic carbocycles. The van der Waals surface area contributed by atoms with Crippen LogP contribution in [0.4, 0.5) is 5.69 Å². The van der Waals surface area contributed by atoms with Crippen LogP contribution in [0.15, 0.2) is 79.1 Å². The summed E-state index contributed by atoms with van der Waals surface area (Å²) >= 11 is 0. The normalized spacial score (nSPS) is 16.3. The van der Waals surface area contributed by atoms with Crippen LogP contribution in [0.2, 0.25) is 0 Å². The van der Waals surface area contributed by atoms with Crippen LogP contribution in [0.25, 0.3) is 5.70 Å². The molecule has 0 aliphatic heterocycles. The monoisotopic (exact) mass is 316 g/mol. The maximum Gasteiger partial charge on any atom is 0.269 e. The highest BCUT2D eigenvalue weighted by Crippen LogP contribution is 2.37. The van der Waals surface area contributed by atoms with E-state index >= 15 is 0 Å². The third kappa shape index (κ3) is 2.52. The number of nitro benzene ring substituents is 1. The van der Waals surface area contributed by atoms with Crippen LogP contribution in [-0.4, -0.2) is 9.49 Å². The van der Waals surface area contributed by atoms with E-state index < -0.39 is 0 Å². The summed E-state index contributed by atoms with van der Waals surface area (Å²) in [5.41, 5.74) is 4.75. The Morgan fingerprint density at radius 1 is 1.00 bits per heavy atom. The third-order valence-corrected chi connectivity index (χ3v) is 4.50. The molecule has 3 aromatic rings. The number of non-ortho nitro benzene ring substituents is 1. The standard InChI is InChI=1S/C20H16N2O2/c23-22(24)17-8-5-7-16(12-17)20-14-18(21-10-3-4-11-21)13-15-6-1-2-9-19(15)20/h1-12,14,20H,13H2. The van der Waals surface area contributed by atoms with E-state index in [-0.39, 0.29) is 16.5 Å². The molecule has 0 fully saturated rings. The third-order valence-electron chi connectivity index (χ3n) is 4.50. The van der Waals surface area contributed by atoms with Gasteiger partial charge in [-0.15, -0.1) is 0 Å². The first-order valence-electron chi connectivity index (χ1n) is 7.88. The lowest BCUT2D eigenvalue weighted by Gasteiger charge is -2.25. The van der Waals surface area contributed by atoms with E-state index in [2.05, 4.69) is 22.8 Å². The summed E-state index contributed by atoms with van der Waals surface area (Å²) in [6.07, 6.45) is 7.13. The fourth-order valence-electron chi connectivity index (χ4n) is 3.35. The Morgan fingerprint density at radius 2 is 1.79 bits per heavy atom. The zero-order valence-corrected chi connectivity index (χ0v) is 13.0. The zero-order chi connectivity index (χ0) is 16.5. The van der Waals surface area contributed by atoms with Gasteiger partial charge < -0.3 is 4.57 Å². The quantitative estimate of drug-likeness (QED) is 0.522. The van der Waals surface area contributed by atoms with E-state index in [1.54, 1.807) is 12.1 Å². The lowest BCUT2D eigenvalue weighted by atomic mass is 9.82.